The zero-order valence-electron chi connectivity index (χ0n) is 15.1. The summed E-state index contributed by atoms with van der Waals surface area (Å²) in [5.74, 6) is -0.703. The van der Waals surface area contributed by atoms with Gasteiger partial charge >= 0.3 is 35.5 Å². The second-order valence-corrected chi connectivity index (χ2v) is 7.12. The Morgan fingerprint density at radius 3 is 2.39 bits per heavy atom. The van der Waals surface area contributed by atoms with Crippen LogP contribution in [0.15, 0.2) is 48.5 Å². The molecule has 6 nitrogen and oxygen atoms in total. The monoisotopic (exact) mass is 411 g/mol. The van der Waals surface area contributed by atoms with E-state index < -0.39 is 11.9 Å². The number of thioether (sulfide) groups is 1. The van der Waals surface area contributed by atoms with E-state index in [0.29, 0.717) is 17.9 Å². The molecule has 28 heavy (non-hydrogen) atoms. The number of benzene rings is 2. The van der Waals surface area contributed by atoms with Crippen LogP contribution in [-0.4, -0.2) is 64.5 Å². The molecule has 144 valence electrons. The van der Waals surface area contributed by atoms with Gasteiger partial charge in [0, 0.05) is 18.4 Å². The third-order valence-electron chi connectivity index (χ3n) is 3.88. The average Bonchev–Trinajstić information content (AvgIpc) is 2.65. The quantitative estimate of drug-likeness (QED) is 0.649. The van der Waals surface area contributed by atoms with Gasteiger partial charge in [-0.15, -0.1) is 0 Å². The number of hydrogen-bond acceptors (Lipinski definition) is 5. The molecule has 1 atom stereocenters. The van der Waals surface area contributed by atoms with Crippen molar-refractivity contribution in [2.75, 3.05) is 18.2 Å². The Labute approximate surface area is 190 Å². The molecule has 0 heterocycles. The van der Waals surface area contributed by atoms with E-state index in [1.54, 1.807) is 19.2 Å². The number of carboxylic acid groups (broad SMARTS) is 1. The molecule has 1 amide bonds. The van der Waals surface area contributed by atoms with Gasteiger partial charge in [-0.05, 0) is 42.3 Å². The number of ether oxygens (including phenoxy) is 1. The molecule has 1 unspecified atom stereocenters. The van der Waals surface area contributed by atoms with E-state index >= 15 is 0 Å². The van der Waals surface area contributed by atoms with Gasteiger partial charge in [0.2, 0.25) is 5.91 Å². The van der Waals surface area contributed by atoms with Gasteiger partial charge in [-0.25, -0.2) is 4.79 Å². The Morgan fingerprint density at radius 2 is 1.82 bits per heavy atom. The molecule has 2 rings (SSSR count). The van der Waals surface area contributed by atoms with E-state index in [0.717, 1.165) is 23.1 Å². The fourth-order valence-electron chi connectivity index (χ4n) is 2.47. The molecule has 0 aliphatic heterocycles. The Hall–Kier alpha value is -1.80. The Balaban J connectivity index is 0.00000392. The zero-order chi connectivity index (χ0) is 19.8. The standard InChI is InChI=1S/C20H21NO5S.Na.H/c1-13(22)27-12-16(10-14-6-8-18(26-2)9-7-14)19(23)21-17-5-3-4-15(11-17)20(24)25;;/h3-9,11,16H,10,12H2,1-2H3,(H,21,23)(H,24,25);;. The second kappa shape index (κ2) is 11.9. The molecule has 0 radical (unpaired) electrons. The fraction of sp³-hybridized carbons (Fsp3) is 0.250. The first-order chi connectivity index (χ1) is 12.9. The third kappa shape index (κ3) is 7.67. The van der Waals surface area contributed by atoms with Gasteiger partial charge in [-0.1, -0.05) is 30.0 Å². The van der Waals surface area contributed by atoms with Crippen molar-refractivity contribution >= 4 is 64.0 Å². The molecule has 0 saturated heterocycles. The molecule has 2 N–H and O–H groups in total. The SMILES string of the molecule is COc1ccc(CC(CSC(C)=O)C(=O)Nc2cccc(C(=O)O)c2)cc1.[NaH]. The van der Waals surface area contributed by atoms with Gasteiger partial charge < -0.3 is 15.2 Å². The average molecular weight is 411 g/mol. The van der Waals surface area contributed by atoms with E-state index in [9.17, 15) is 14.4 Å². The number of amides is 1. The number of anilines is 1. The van der Waals surface area contributed by atoms with Crippen molar-refractivity contribution in [1.29, 1.82) is 0 Å². The molecule has 0 spiro atoms. The van der Waals surface area contributed by atoms with Crippen molar-refractivity contribution in [3.05, 3.63) is 59.7 Å². The summed E-state index contributed by atoms with van der Waals surface area (Å²) >= 11 is 1.09. The maximum atomic E-state index is 12.7. The molecule has 2 aromatic rings. The number of aromatic carboxylic acids is 1. The van der Waals surface area contributed by atoms with Crippen LogP contribution in [0.5, 0.6) is 5.75 Å². The van der Waals surface area contributed by atoms with Gasteiger partial charge in [0.1, 0.15) is 5.75 Å². The van der Waals surface area contributed by atoms with Crippen LogP contribution in [0.2, 0.25) is 0 Å². The van der Waals surface area contributed by atoms with Crippen molar-refractivity contribution in [2.24, 2.45) is 5.92 Å². The Kier molecular flexibility index (Phi) is 10.3. The Morgan fingerprint density at radius 1 is 1.14 bits per heavy atom. The van der Waals surface area contributed by atoms with Gasteiger partial charge in [0.15, 0.2) is 5.12 Å². The third-order valence-corrected chi connectivity index (χ3v) is 4.85. The van der Waals surface area contributed by atoms with Crippen LogP contribution in [0.25, 0.3) is 0 Å². The molecular weight excluding hydrogens is 389 g/mol. The molecule has 0 saturated carbocycles. The van der Waals surface area contributed by atoms with Crippen molar-refractivity contribution in [3.8, 4) is 5.75 Å². The van der Waals surface area contributed by atoms with Gasteiger partial charge in [-0.2, -0.15) is 0 Å². The van der Waals surface area contributed by atoms with E-state index in [1.807, 2.05) is 24.3 Å². The summed E-state index contributed by atoms with van der Waals surface area (Å²) in [7, 11) is 1.58. The second-order valence-electron chi connectivity index (χ2n) is 5.93. The molecule has 0 aliphatic carbocycles. The van der Waals surface area contributed by atoms with E-state index in [4.69, 9.17) is 9.84 Å². The van der Waals surface area contributed by atoms with Gasteiger partial charge in [-0.3, -0.25) is 9.59 Å². The molecule has 0 aliphatic rings. The molecule has 2 aromatic carbocycles. The van der Waals surface area contributed by atoms with Crippen molar-refractivity contribution in [1.82, 2.24) is 0 Å². The number of methoxy groups -OCH3 is 1. The van der Waals surface area contributed by atoms with Crippen LogP contribution in [-0.2, 0) is 16.0 Å². The maximum absolute atomic E-state index is 12.7. The van der Waals surface area contributed by atoms with Crippen LogP contribution in [0.4, 0.5) is 5.69 Å². The number of nitrogens with one attached hydrogen (secondary N) is 1. The van der Waals surface area contributed by atoms with Crippen LogP contribution >= 0.6 is 11.8 Å². The van der Waals surface area contributed by atoms with Gasteiger partial charge in [0.25, 0.3) is 0 Å². The molecule has 8 heteroatoms. The van der Waals surface area contributed by atoms with E-state index in [1.165, 1.54) is 19.1 Å². The fourth-order valence-corrected chi connectivity index (χ4v) is 3.17. The Bertz CT molecular complexity index is 826. The number of rotatable bonds is 8. The predicted molar refractivity (Wildman–Crippen MR) is 113 cm³/mol. The summed E-state index contributed by atoms with van der Waals surface area (Å²) in [6.07, 6.45) is 0.453. The summed E-state index contributed by atoms with van der Waals surface area (Å²) in [4.78, 5) is 35.1. The molecule has 0 aromatic heterocycles. The molecule has 0 bridgehead atoms. The first-order valence-corrected chi connectivity index (χ1v) is 9.28. The summed E-state index contributed by atoms with van der Waals surface area (Å²) in [5.41, 5.74) is 1.45. The summed E-state index contributed by atoms with van der Waals surface area (Å²) in [6, 6.07) is 13.5. The van der Waals surface area contributed by atoms with E-state index in [-0.39, 0.29) is 46.1 Å². The first kappa shape index (κ1) is 24.2. The molecule has 0 fully saturated rings. The minimum atomic E-state index is -1.06. The predicted octanol–water partition coefficient (Wildman–Crippen LogP) is 2.82. The van der Waals surface area contributed by atoms with E-state index in [2.05, 4.69) is 5.32 Å². The van der Waals surface area contributed by atoms with Crippen LogP contribution in [0, 0.1) is 5.92 Å². The van der Waals surface area contributed by atoms with Crippen molar-refractivity contribution in [2.45, 2.75) is 13.3 Å². The summed E-state index contributed by atoms with van der Waals surface area (Å²) < 4.78 is 5.13. The van der Waals surface area contributed by atoms with Crippen LogP contribution < -0.4 is 10.1 Å². The van der Waals surface area contributed by atoms with Crippen LogP contribution in [0.3, 0.4) is 0 Å². The van der Waals surface area contributed by atoms with Gasteiger partial charge in [0.05, 0.1) is 18.6 Å². The zero-order valence-corrected chi connectivity index (χ0v) is 15.9. The summed E-state index contributed by atoms with van der Waals surface area (Å²) in [6.45, 7) is 1.46. The van der Waals surface area contributed by atoms with Crippen LogP contribution in [0.1, 0.15) is 22.8 Å². The van der Waals surface area contributed by atoms with Crippen molar-refractivity contribution < 1.29 is 24.2 Å². The number of hydrogen-bond donors (Lipinski definition) is 2. The number of carboxylic acids is 1. The minimum absolute atomic E-state index is 0. The topological polar surface area (TPSA) is 92.7 Å². The first-order valence-electron chi connectivity index (χ1n) is 8.29. The summed E-state index contributed by atoms with van der Waals surface area (Å²) in [5, 5.41) is 11.8. The number of carbonyl (C=O) groups excluding carboxylic acids is 2. The number of carbonyl (C=O) groups is 3. The normalized spacial score (nSPS) is 11.1. The van der Waals surface area contributed by atoms with Crippen molar-refractivity contribution in [3.63, 3.8) is 0 Å². The molecular formula is C20H22NNaO5S.